The van der Waals surface area contributed by atoms with Crippen LogP contribution >= 0.6 is 0 Å². The highest BCUT2D eigenvalue weighted by Gasteiger charge is 2.22. The Morgan fingerprint density at radius 3 is 2.40 bits per heavy atom. The molecule has 0 atom stereocenters. The quantitative estimate of drug-likeness (QED) is 0.687. The van der Waals surface area contributed by atoms with Crippen molar-refractivity contribution in [3.8, 4) is 5.75 Å². The number of benzene rings is 1. The van der Waals surface area contributed by atoms with Crippen molar-refractivity contribution in [2.24, 2.45) is 5.92 Å². The summed E-state index contributed by atoms with van der Waals surface area (Å²) in [4.78, 5) is 12.0. The molecule has 0 aliphatic rings. The smallest absolute Gasteiger partial charge is 0.232 e. The summed E-state index contributed by atoms with van der Waals surface area (Å²) in [5.41, 5.74) is 0.452. The number of amides is 1. The van der Waals surface area contributed by atoms with Gasteiger partial charge in [-0.1, -0.05) is 26.0 Å². The maximum atomic E-state index is 12.2. The van der Waals surface area contributed by atoms with Gasteiger partial charge in [0.05, 0.1) is 18.0 Å². The summed E-state index contributed by atoms with van der Waals surface area (Å²) in [6.07, 6.45) is 2.05. The number of carbonyl (C=O) groups is 1. The van der Waals surface area contributed by atoms with Gasteiger partial charge in [0.15, 0.2) is 0 Å². The first-order chi connectivity index (χ1) is 11.6. The summed E-state index contributed by atoms with van der Waals surface area (Å²) < 4.78 is 31.4. The van der Waals surface area contributed by atoms with E-state index < -0.39 is 10.0 Å². The Morgan fingerprint density at radius 2 is 1.84 bits per heavy atom. The Kier molecular flexibility index (Phi) is 8.22. The van der Waals surface area contributed by atoms with Gasteiger partial charge in [0, 0.05) is 19.5 Å². The number of anilines is 1. The van der Waals surface area contributed by atoms with Gasteiger partial charge in [-0.3, -0.25) is 9.10 Å². The Hall–Kier alpha value is -1.76. The molecule has 0 saturated heterocycles. The summed E-state index contributed by atoms with van der Waals surface area (Å²) in [7, 11) is -3.53. The van der Waals surface area contributed by atoms with E-state index in [2.05, 4.69) is 19.2 Å². The van der Waals surface area contributed by atoms with Gasteiger partial charge in [-0.25, -0.2) is 8.42 Å². The molecule has 1 N–H and O–H groups in total. The van der Waals surface area contributed by atoms with Gasteiger partial charge >= 0.3 is 0 Å². The second-order valence-electron chi connectivity index (χ2n) is 6.75. The van der Waals surface area contributed by atoms with Gasteiger partial charge in [-0.15, -0.1) is 0 Å². The maximum absolute atomic E-state index is 12.2. The van der Waals surface area contributed by atoms with Gasteiger partial charge in [0.2, 0.25) is 15.9 Å². The van der Waals surface area contributed by atoms with Gasteiger partial charge in [0.25, 0.3) is 0 Å². The molecule has 0 spiro atoms. The van der Waals surface area contributed by atoms with Crippen molar-refractivity contribution in [2.45, 2.75) is 46.6 Å². The molecule has 142 valence electrons. The third kappa shape index (κ3) is 7.77. The van der Waals surface area contributed by atoms with Crippen LogP contribution in [0, 0.1) is 5.92 Å². The lowest BCUT2D eigenvalue weighted by Crippen LogP contribution is -2.35. The molecule has 0 saturated carbocycles. The van der Waals surface area contributed by atoms with Gasteiger partial charge in [0.1, 0.15) is 5.75 Å². The Balaban J connectivity index is 2.85. The monoisotopic (exact) mass is 370 g/mol. The lowest BCUT2D eigenvalue weighted by Gasteiger charge is -2.25. The van der Waals surface area contributed by atoms with Crippen LogP contribution in [0.1, 0.15) is 40.5 Å². The minimum absolute atomic E-state index is 0.0742. The van der Waals surface area contributed by atoms with Crippen molar-refractivity contribution in [2.75, 3.05) is 23.7 Å². The average Bonchev–Trinajstić information content (AvgIpc) is 2.46. The maximum Gasteiger partial charge on any atom is 0.232 e. The van der Waals surface area contributed by atoms with Crippen molar-refractivity contribution in [3.05, 3.63) is 24.3 Å². The largest absolute Gasteiger partial charge is 0.489 e. The standard InChI is InChI=1S/C18H30N2O4S/c1-14(2)10-12-19-18(21)11-13-20(25(5,22)23)16-8-6-7-9-17(16)24-15(3)4/h6-9,14-15H,10-13H2,1-5H3,(H,19,21). The predicted octanol–water partition coefficient (Wildman–Crippen LogP) is 2.79. The number of carbonyl (C=O) groups excluding carboxylic acids is 1. The Labute approximate surface area is 151 Å². The van der Waals surface area contributed by atoms with Crippen LogP contribution in [0.3, 0.4) is 0 Å². The number of rotatable bonds is 10. The summed E-state index contributed by atoms with van der Waals surface area (Å²) in [5, 5.41) is 2.83. The molecule has 0 unspecified atom stereocenters. The molecule has 0 aliphatic heterocycles. The summed E-state index contributed by atoms with van der Waals surface area (Å²) in [6, 6.07) is 6.97. The zero-order valence-electron chi connectivity index (χ0n) is 15.8. The third-order valence-corrected chi connectivity index (χ3v) is 4.66. The molecule has 0 bridgehead atoms. The van der Waals surface area contributed by atoms with Crippen molar-refractivity contribution in [3.63, 3.8) is 0 Å². The molecule has 7 heteroatoms. The van der Waals surface area contributed by atoms with Crippen molar-refractivity contribution in [1.82, 2.24) is 5.32 Å². The number of sulfonamides is 1. The van der Waals surface area contributed by atoms with Crippen LogP contribution in [0.25, 0.3) is 0 Å². The van der Waals surface area contributed by atoms with Crippen LogP contribution in [-0.4, -0.2) is 39.8 Å². The molecule has 6 nitrogen and oxygen atoms in total. The second kappa shape index (κ2) is 9.65. The molecule has 1 aromatic rings. The Bertz CT molecular complexity index is 657. The lowest BCUT2D eigenvalue weighted by molar-refractivity contribution is -0.120. The van der Waals surface area contributed by atoms with Crippen molar-refractivity contribution < 1.29 is 17.9 Å². The van der Waals surface area contributed by atoms with E-state index in [1.807, 2.05) is 13.8 Å². The minimum Gasteiger partial charge on any atom is -0.489 e. The number of hydrogen-bond acceptors (Lipinski definition) is 4. The number of hydrogen-bond donors (Lipinski definition) is 1. The fourth-order valence-corrected chi connectivity index (χ4v) is 3.20. The molecule has 0 radical (unpaired) electrons. The van der Waals surface area contributed by atoms with Crippen LogP contribution in [-0.2, 0) is 14.8 Å². The highest BCUT2D eigenvalue weighted by atomic mass is 32.2. The highest BCUT2D eigenvalue weighted by molar-refractivity contribution is 7.92. The number of nitrogens with one attached hydrogen (secondary N) is 1. The van der Waals surface area contributed by atoms with E-state index in [1.54, 1.807) is 24.3 Å². The minimum atomic E-state index is -3.53. The predicted molar refractivity (Wildman–Crippen MR) is 101 cm³/mol. The Morgan fingerprint density at radius 1 is 1.20 bits per heavy atom. The first-order valence-corrected chi connectivity index (χ1v) is 10.5. The first kappa shape index (κ1) is 21.3. The first-order valence-electron chi connectivity index (χ1n) is 8.61. The third-order valence-electron chi connectivity index (χ3n) is 3.48. The van der Waals surface area contributed by atoms with E-state index in [9.17, 15) is 13.2 Å². The van der Waals surface area contributed by atoms with Gasteiger partial charge < -0.3 is 10.1 Å². The molecule has 1 aromatic carbocycles. The molecule has 0 aromatic heterocycles. The van der Waals surface area contributed by atoms with E-state index in [4.69, 9.17) is 4.74 Å². The van der Waals surface area contributed by atoms with E-state index in [1.165, 1.54) is 4.31 Å². The molecule has 25 heavy (non-hydrogen) atoms. The van der Waals surface area contributed by atoms with Crippen LogP contribution in [0.2, 0.25) is 0 Å². The van der Waals surface area contributed by atoms with Gasteiger partial charge in [-0.2, -0.15) is 0 Å². The summed E-state index contributed by atoms with van der Waals surface area (Å²) in [6.45, 7) is 8.60. The molecule has 0 aliphatic carbocycles. The van der Waals surface area contributed by atoms with Crippen LogP contribution in [0.4, 0.5) is 5.69 Å². The van der Waals surface area contributed by atoms with E-state index >= 15 is 0 Å². The van der Waals surface area contributed by atoms with E-state index in [-0.39, 0.29) is 25.0 Å². The molecule has 0 heterocycles. The number of para-hydroxylation sites is 2. The molecular weight excluding hydrogens is 340 g/mol. The molecule has 1 rings (SSSR count). The van der Waals surface area contributed by atoms with Crippen LogP contribution < -0.4 is 14.4 Å². The zero-order valence-corrected chi connectivity index (χ0v) is 16.6. The van der Waals surface area contributed by atoms with Crippen LogP contribution in [0.5, 0.6) is 5.75 Å². The number of ether oxygens (including phenoxy) is 1. The van der Waals surface area contributed by atoms with Crippen molar-refractivity contribution >= 4 is 21.6 Å². The molecule has 0 fully saturated rings. The van der Waals surface area contributed by atoms with Crippen LogP contribution in [0.15, 0.2) is 24.3 Å². The topological polar surface area (TPSA) is 75.7 Å². The number of nitrogens with zero attached hydrogens (tertiary/aromatic N) is 1. The highest BCUT2D eigenvalue weighted by Crippen LogP contribution is 2.30. The normalized spacial score (nSPS) is 11.6. The fraction of sp³-hybridized carbons (Fsp3) is 0.611. The zero-order chi connectivity index (χ0) is 19.0. The lowest BCUT2D eigenvalue weighted by atomic mass is 10.1. The molecule has 1 amide bonds. The summed E-state index contributed by atoms with van der Waals surface area (Å²) >= 11 is 0. The summed E-state index contributed by atoms with van der Waals surface area (Å²) in [5.74, 6) is 0.840. The second-order valence-corrected chi connectivity index (χ2v) is 8.66. The van der Waals surface area contributed by atoms with E-state index in [0.717, 1.165) is 12.7 Å². The average molecular weight is 371 g/mol. The molecular formula is C18H30N2O4S. The van der Waals surface area contributed by atoms with E-state index in [0.29, 0.717) is 23.9 Å². The fourth-order valence-electron chi connectivity index (χ4n) is 2.27. The van der Waals surface area contributed by atoms with Crippen molar-refractivity contribution in [1.29, 1.82) is 0 Å². The SMILES string of the molecule is CC(C)CCNC(=O)CCN(c1ccccc1OC(C)C)S(C)(=O)=O. The van der Waals surface area contributed by atoms with Gasteiger partial charge in [-0.05, 0) is 38.3 Å².